The van der Waals surface area contributed by atoms with Crippen molar-refractivity contribution in [3.63, 3.8) is 0 Å². The van der Waals surface area contributed by atoms with E-state index >= 15 is 0 Å². The lowest BCUT2D eigenvalue weighted by Gasteiger charge is -2.03. The molecule has 0 amide bonds. The zero-order valence-electron chi connectivity index (χ0n) is 9.06. The number of methoxy groups -OCH3 is 1. The Balaban J connectivity index is 1.94. The fourth-order valence-corrected chi connectivity index (χ4v) is 1.82. The van der Waals surface area contributed by atoms with Gasteiger partial charge in [0.1, 0.15) is 5.75 Å². The summed E-state index contributed by atoms with van der Waals surface area (Å²) in [5, 5.41) is 4.21. The number of hydrogen-bond acceptors (Lipinski definition) is 2. The quantitative estimate of drug-likeness (QED) is 0.861. The van der Waals surface area contributed by atoms with Crippen LogP contribution < -0.4 is 4.74 Å². The highest BCUT2D eigenvalue weighted by molar-refractivity contribution is 9.10. The Kier molecular flexibility index (Phi) is 3.62. The first-order chi connectivity index (χ1) is 7.78. The molecule has 0 aliphatic carbocycles. The van der Waals surface area contributed by atoms with E-state index in [-0.39, 0.29) is 0 Å². The minimum absolute atomic E-state index is 0.887. The van der Waals surface area contributed by atoms with Gasteiger partial charge in [0.15, 0.2) is 0 Å². The molecule has 0 aliphatic heterocycles. The summed E-state index contributed by atoms with van der Waals surface area (Å²) in [5.74, 6) is 0.894. The van der Waals surface area contributed by atoms with Gasteiger partial charge in [0.2, 0.25) is 0 Å². The maximum atomic E-state index is 5.11. The van der Waals surface area contributed by atoms with Gasteiger partial charge in [0.25, 0.3) is 0 Å². The normalized spacial score (nSPS) is 10.4. The van der Waals surface area contributed by atoms with E-state index in [0.717, 1.165) is 23.2 Å². The number of aromatic nitrogens is 2. The highest BCUT2D eigenvalue weighted by Gasteiger charge is 1.97. The number of ether oxygens (including phenoxy) is 1. The molecule has 0 aliphatic rings. The van der Waals surface area contributed by atoms with Crippen LogP contribution in [0.15, 0.2) is 41.1 Å². The lowest BCUT2D eigenvalue weighted by molar-refractivity contribution is 0.414. The zero-order valence-corrected chi connectivity index (χ0v) is 10.6. The molecule has 2 aromatic rings. The van der Waals surface area contributed by atoms with Crippen LogP contribution in [-0.4, -0.2) is 16.9 Å². The molecule has 3 nitrogen and oxygen atoms in total. The Morgan fingerprint density at radius 3 is 2.62 bits per heavy atom. The minimum Gasteiger partial charge on any atom is -0.497 e. The van der Waals surface area contributed by atoms with Gasteiger partial charge in [-0.05, 0) is 40.0 Å². The summed E-state index contributed by atoms with van der Waals surface area (Å²) in [4.78, 5) is 0. The van der Waals surface area contributed by atoms with Crippen LogP contribution in [0.5, 0.6) is 5.75 Å². The minimum atomic E-state index is 0.887. The third kappa shape index (κ3) is 2.85. The van der Waals surface area contributed by atoms with Crippen molar-refractivity contribution in [3.8, 4) is 5.75 Å². The molecule has 0 spiro atoms. The average Bonchev–Trinajstić information content (AvgIpc) is 2.73. The van der Waals surface area contributed by atoms with Crippen molar-refractivity contribution in [2.45, 2.75) is 13.0 Å². The van der Waals surface area contributed by atoms with Gasteiger partial charge in [-0.15, -0.1) is 0 Å². The molecule has 16 heavy (non-hydrogen) atoms. The summed E-state index contributed by atoms with van der Waals surface area (Å²) in [7, 11) is 1.68. The van der Waals surface area contributed by atoms with Crippen LogP contribution in [0.1, 0.15) is 5.56 Å². The number of nitrogens with zero attached hydrogens (tertiary/aromatic N) is 2. The monoisotopic (exact) mass is 280 g/mol. The number of benzene rings is 1. The fraction of sp³-hybridized carbons (Fsp3) is 0.250. The molecule has 1 heterocycles. The lowest BCUT2D eigenvalue weighted by Crippen LogP contribution is -2.01. The van der Waals surface area contributed by atoms with E-state index in [4.69, 9.17) is 4.74 Å². The van der Waals surface area contributed by atoms with Crippen LogP contribution in [0.2, 0.25) is 0 Å². The van der Waals surface area contributed by atoms with E-state index in [0.29, 0.717) is 0 Å². The van der Waals surface area contributed by atoms with Crippen molar-refractivity contribution < 1.29 is 4.74 Å². The Bertz CT molecular complexity index is 450. The highest BCUT2D eigenvalue weighted by Crippen LogP contribution is 2.12. The molecular weight excluding hydrogens is 268 g/mol. The smallest absolute Gasteiger partial charge is 0.118 e. The number of aryl methyl sites for hydroxylation is 2. The molecule has 0 atom stereocenters. The van der Waals surface area contributed by atoms with Gasteiger partial charge < -0.3 is 4.74 Å². The Morgan fingerprint density at radius 2 is 2.06 bits per heavy atom. The number of rotatable bonds is 4. The van der Waals surface area contributed by atoms with Crippen molar-refractivity contribution >= 4 is 15.9 Å². The maximum absolute atomic E-state index is 5.11. The summed E-state index contributed by atoms with van der Waals surface area (Å²) >= 11 is 3.38. The third-order valence-corrected chi connectivity index (χ3v) is 2.80. The van der Waals surface area contributed by atoms with Gasteiger partial charge in [0.05, 0.1) is 17.8 Å². The van der Waals surface area contributed by atoms with Crippen LogP contribution in [-0.2, 0) is 13.0 Å². The molecule has 0 unspecified atom stereocenters. The Morgan fingerprint density at radius 1 is 1.31 bits per heavy atom. The molecule has 0 saturated heterocycles. The average molecular weight is 281 g/mol. The largest absolute Gasteiger partial charge is 0.497 e. The molecule has 4 heteroatoms. The van der Waals surface area contributed by atoms with Crippen LogP contribution in [0.3, 0.4) is 0 Å². The van der Waals surface area contributed by atoms with Gasteiger partial charge in [-0.3, -0.25) is 4.68 Å². The molecule has 0 N–H and O–H groups in total. The second kappa shape index (κ2) is 5.16. The van der Waals surface area contributed by atoms with Gasteiger partial charge in [-0.2, -0.15) is 5.10 Å². The fourth-order valence-electron chi connectivity index (χ4n) is 1.50. The van der Waals surface area contributed by atoms with Crippen molar-refractivity contribution in [3.05, 3.63) is 46.7 Å². The molecule has 0 radical (unpaired) electrons. The van der Waals surface area contributed by atoms with Crippen molar-refractivity contribution in [1.29, 1.82) is 0 Å². The molecule has 0 fully saturated rings. The Labute approximate surface area is 103 Å². The molecule has 1 aromatic heterocycles. The molecule has 0 saturated carbocycles. The Hall–Kier alpha value is -1.29. The van der Waals surface area contributed by atoms with E-state index in [1.54, 1.807) is 13.3 Å². The van der Waals surface area contributed by atoms with Crippen molar-refractivity contribution in [1.82, 2.24) is 9.78 Å². The van der Waals surface area contributed by atoms with E-state index in [9.17, 15) is 0 Å². The summed E-state index contributed by atoms with van der Waals surface area (Å²) in [6.07, 6.45) is 4.75. The van der Waals surface area contributed by atoms with E-state index in [1.807, 2.05) is 23.0 Å². The molecule has 2 rings (SSSR count). The van der Waals surface area contributed by atoms with Gasteiger partial charge >= 0.3 is 0 Å². The molecule has 1 aromatic carbocycles. The summed E-state index contributed by atoms with van der Waals surface area (Å²) in [6, 6.07) is 8.12. The maximum Gasteiger partial charge on any atom is 0.118 e. The first-order valence-corrected chi connectivity index (χ1v) is 5.88. The second-order valence-electron chi connectivity index (χ2n) is 3.52. The zero-order chi connectivity index (χ0) is 11.4. The van der Waals surface area contributed by atoms with Gasteiger partial charge in [-0.25, -0.2) is 0 Å². The summed E-state index contributed by atoms with van der Waals surface area (Å²) in [5.41, 5.74) is 1.28. The van der Waals surface area contributed by atoms with Crippen LogP contribution >= 0.6 is 15.9 Å². The standard InChI is InChI=1S/C12H13BrN2O/c1-16-12-4-2-10(3-5-12)6-7-15-9-11(13)8-14-15/h2-5,8-9H,6-7H2,1H3. The highest BCUT2D eigenvalue weighted by atomic mass is 79.9. The molecular formula is C12H13BrN2O. The number of halogens is 1. The SMILES string of the molecule is COc1ccc(CCn2cc(Br)cn2)cc1. The van der Waals surface area contributed by atoms with Gasteiger partial charge in [0, 0.05) is 12.7 Å². The van der Waals surface area contributed by atoms with Crippen LogP contribution in [0.25, 0.3) is 0 Å². The first kappa shape index (κ1) is 11.2. The van der Waals surface area contributed by atoms with E-state index in [2.05, 4.69) is 33.2 Å². The predicted molar refractivity (Wildman–Crippen MR) is 66.6 cm³/mol. The van der Waals surface area contributed by atoms with E-state index in [1.165, 1.54) is 5.56 Å². The predicted octanol–water partition coefficient (Wildman–Crippen LogP) is 2.90. The first-order valence-electron chi connectivity index (χ1n) is 5.09. The summed E-state index contributed by atoms with van der Waals surface area (Å²) < 4.78 is 8.05. The number of hydrogen-bond donors (Lipinski definition) is 0. The second-order valence-corrected chi connectivity index (χ2v) is 4.44. The van der Waals surface area contributed by atoms with Crippen molar-refractivity contribution in [2.75, 3.05) is 7.11 Å². The topological polar surface area (TPSA) is 27.1 Å². The van der Waals surface area contributed by atoms with E-state index < -0.39 is 0 Å². The third-order valence-electron chi connectivity index (χ3n) is 2.39. The molecule has 84 valence electrons. The van der Waals surface area contributed by atoms with Gasteiger partial charge in [-0.1, -0.05) is 12.1 Å². The summed E-state index contributed by atoms with van der Waals surface area (Å²) in [6.45, 7) is 0.887. The van der Waals surface area contributed by atoms with Crippen LogP contribution in [0, 0.1) is 0 Å². The van der Waals surface area contributed by atoms with Crippen LogP contribution in [0.4, 0.5) is 0 Å². The lowest BCUT2D eigenvalue weighted by atomic mass is 10.1. The molecule has 0 bridgehead atoms. The van der Waals surface area contributed by atoms with Crippen molar-refractivity contribution in [2.24, 2.45) is 0 Å².